The minimum absolute atomic E-state index is 0.00633. The van der Waals surface area contributed by atoms with Crippen LogP contribution >= 0.6 is 0 Å². The summed E-state index contributed by atoms with van der Waals surface area (Å²) >= 11 is 0. The number of benzene rings is 1. The van der Waals surface area contributed by atoms with Crippen molar-refractivity contribution in [3.8, 4) is 0 Å². The number of piperidine rings is 1. The summed E-state index contributed by atoms with van der Waals surface area (Å²) in [6.45, 7) is 7.41. The molecule has 1 amide bonds. The van der Waals surface area contributed by atoms with Crippen LogP contribution < -0.4 is 0 Å². The Morgan fingerprint density at radius 2 is 1.77 bits per heavy atom. The predicted molar refractivity (Wildman–Crippen MR) is 102 cm³/mol. The molecule has 2 fully saturated rings. The zero-order valence-corrected chi connectivity index (χ0v) is 16.8. The van der Waals surface area contributed by atoms with Crippen molar-refractivity contribution in [1.29, 1.82) is 0 Å². The number of nitrogens with zero attached hydrogens (tertiary/aromatic N) is 3. The summed E-state index contributed by atoms with van der Waals surface area (Å²) in [5.74, 6) is -0.0701. The van der Waals surface area contributed by atoms with Crippen molar-refractivity contribution in [3.63, 3.8) is 0 Å². The SMILES string of the molecule is Cc1ccc(S(=O)(=O)N2CCCCC2C)cc1C(=O)N1CCN(C)CC1. The summed E-state index contributed by atoms with van der Waals surface area (Å²) in [4.78, 5) is 17.2. The van der Waals surface area contributed by atoms with Gasteiger partial charge >= 0.3 is 0 Å². The minimum atomic E-state index is -3.57. The maximum atomic E-state index is 13.1. The van der Waals surface area contributed by atoms with E-state index in [9.17, 15) is 13.2 Å². The molecule has 2 heterocycles. The first-order valence-electron chi connectivity index (χ1n) is 9.41. The molecule has 144 valence electrons. The zero-order valence-electron chi connectivity index (χ0n) is 15.9. The van der Waals surface area contributed by atoms with E-state index in [1.807, 2.05) is 25.8 Å². The standard InChI is InChI=1S/C19H29N3O3S/c1-15-7-8-17(26(24,25)22-9-5-4-6-16(22)2)14-18(15)19(23)21-12-10-20(3)11-13-21/h7-8,14,16H,4-6,9-13H2,1-3H3. The lowest BCUT2D eigenvalue weighted by atomic mass is 10.1. The highest BCUT2D eigenvalue weighted by molar-refractivity contribution is 7.89. The van der Waals surface area contributed by atoms with Crippen molar-refractivity contribution < 1.29 is 13.2 Å². The number of piperazine rings is 1. The third-order valence-electron chi connectivity index (χ3n) is 5.58. The van der Waals surface area contributed by atoms with Crippen LogP contribution in [0.3, 0.4) is 0 Å². The van der Waals surface area contributed by atoms with Crippen molar-refractivity contribution in [3.05, 3.63) is 29.3 Å². The van der Waals surface area contributed by atoms with Gasteiger partial charge in [0.15, 0.2) is 0 Å². The Bertz CT molecular complexity index is 770. The number of aryl methyl sites for hydroxylation is 1. The molecule has 0 aromatic heterocycles. The topological polar surface area (TPSA) is 60.9 Å². The van der Waals surface area contributed by atoms with Gasteiger partial charge in [-0.2, -0.15) is 4.31 Å². The van der Waals surface area contributed by atoms with Crippen LogP contribution in [0.25, 0.3) is 0 Å². The average molecular weight is 380 g/mol. The summed E-state index contributed by atoms with van der Waals surface area (Å²) in [6, 6.07) is 4.97. The van der Waals surface area contributed by atoms with Crippen LogP contribution in [0.5, 0.6) is 0 Å². The molecule has 2 aliphatic heterocycles. The first kappa shape index (κ1) is 19.3. The second-order valence-electron chi connectivity index (χ2n) is 7.53. The molecular formula is C19H29N3O3S. The van der Waals surface area contributed by atoms with E-state index in [-0.39, 0.29) is 16.8 Å². The van der Waals surface area contributed by atoms with Crippen LogP contribution in [-0.2, 0) is 10.0 Å². The molecule has 1 atom stereocenters. The molecule has 0 aliphatic carbocycles. The molecule has 0 spiro atoms. The minimum Gasteiger partial charge on any atom is -0.336 e. The first-order chi connectivity index (χ1) is 12.3. The molecule has 2 aliphatic rings. The summed E-state index contributed by atoms with van der Waals surface area (Å²) < 4.78 is 27.8. The van der Waals surface area contributed by atoms with Crippen LogP contribution in [0.1, 0.15) is 42.1 Å². The van der Waals surface area contributed by atoms with E-state index in [1.165, 1.54) is 0 Å². The van der Waals surface area contributed by atoms with Crippen LogP contribution in [0, 0.1) is 6.92 Å². The molecule has 26 heavy (non-hydrogen) atoms. The number of amides is 1. The number of rotatable bonds is 3. The van der Waals surface area contributed by atoms with Crippen LogP contribution in [0.4, 0.5) is 0 Å². The lowest BCUT2D eigenvalue weighted by Crippen LogP contribution is -2.47. The van der Waals surface area contributed by atoms with Gasteiger partial charge in [0.05, 0.1) is 4.90 Å². The van der Waals surface area contributed by atoms with Gasteiger partial charge in [-0.1, -0.05) is 12.5 Å². The predicted octanol–water partition coefficient (Wildman–Crippen LogP) is 1.95. The Labute approximate surface area is 156 Å². The van der Waals surface area contributed by atoms with Crippen molar-refractivity contribution in [2.75, 3.05) is 39.8 Å². The van der Waals surface area contributed by atoms with E-state index < -0.39 is 10.0 Å². The van der Waals surface area contributed by atoms with Gasteiger partial charge in [-0.05, 0) is 51.4 Å². The van der Waals surface area contributed by atoms with Crippen LogP contribution in [0.15, 0.2) is 23.1 Å². The molecule has 7 heteroatoms. The number of likely N-dealkylation sites (N-methyl/N-ethyl adjacent to an activating group) is 1. The zero-order chi connectivity index (χ0) is 18.9. The van der Waals surface area contributed by atoms with Gasteiger partial charge < -0.3 is 9.80 Å². The van der Waals surface area contributed by atoms with Gasteiger partial charge in [-0.15, -0.1) is 0 Å². The molecule has 0 N–H and O–H groups in total. The molecule has 6 nitrogen and oxygen atoms in total. The molecule has 1 unspecified atom stereocenters. The fourth-order valence-electron chi connectivity index (χ4n) is 3.74. The Kier molecular flexibility index (Phi) is 5.69. The molecule has 3 rings (SSSR count). The molecule has 1 aromatic rings. The monoisotopic (exact) mass is 379 g/mol. The van der Waals surface area contributed by atoms with E-state index in [4.69, 9.17) is 0 Å². The van der Waals surface area contributed by atoms with Gasteiger partial charge in [-0.25, -0.2) is 8.42 Å². The lowest BCUT2D eigenvalue weighted by molar-refractivity contribution is 0.0663. The Morgan fingerprint density at radius 1 is 1.08 bits per heavy atom. The van der Waals surface area contributed by atoms with E-state index in [1.54, 1.807) is 22.5 Å². The average Bonchev–Trinajstić information content (AvgIpc) is 2.62. The van der Waals surface area contributed by atoms with E-state index >= 15 is 0 Å². The molecule has 1 aromatic carbocycles. The second kappa shape index (κ2) is 7.66. The maximum absolute atomic E-state index is 13.1. The van der Waals surface area contributed by atoms with E-state index in [0.717, 1.165) is 37.9 Å². The fraction of sp³-hybridized carbons (Fsp3) is 0.632. The van der Waals surface area contributed by atoms with E-state index in [0.29, 0.717) is 25.2 Å². The van der Waals surface area contributed by atoms with Crippen molar-refractivity contribution >= 4 is 15.9 Å². The smallest absolute Gasteiger partial charge is 0.254 e. The molecule has 2 saturated heterocycles. The van der Waals surface area contributed by atoms with Gasteiger partial charge in [0, 0.05) is 44.3 Å². The molecular weight excluding hydrogens is 350 g/mol. The summed E-state index contributed by atoms with van der Waals surface area (Å²) in [6.07, 6.45) is 2.84. The number of sulfonamides is 1. The third kappa shape index (κ3) is 3.80. The van der Waals surface area contributed by atoms with Crippen molar-refractivity contribution in [2.24, 2.45) is 0 Å². The Hall–Kier alpha value is -1.44. The van der Waals surface area contributed by atoms with Gasteiger partial charge in [0.2, 0.25) is 10.0 Å². The summed E-state index contributed by atoms with van der Waals surface area (Å²) in [7, 11) is -1.53. The second-order valence-corrected chi connectivity index (χ2v) is 9.42. The Balaban J connectivity index is 1.88. The normalized spacial score (nSPS) is 23.2. The molecule has 0 radical (unpaired) electrons. The van der Waals surface area contributed by atoms with Crippen LogP contribution in [0.2, 0.25) is 0 Å². The lowest BCUT2D eigenvalue weighted by Gasteiger charge is -2.33. The largest absolute Gasteiger partial charge is 0.336 e. The highest BCUT2D eigenvalue weighted by Crippen LogP contribution is 2.27. The van der Waals surface area contributed by atoms with Gasteiger partial charge in [0.25, 0.3) is 5.91 Å². The summed E-state index contributed by atoms with van der Waals surface area (Å²) in [5, 5.41) is 0. The van der Waals surface area contributed by atoms with Gasteiger partial charge in [0.1, 0.15) is 0 Å². The highest BCUT2D eigenvalue weighted by atomic mass is 32.2. The number of carbonyl (C=O) groups is 1. The summed E-state index contributed by atoms with van der Waals surface area (Å²) in [5.41, 5.74) is 1.32. The maximum Gasteiger partial charge on any atom is 0.254 e. The van der Waals surface area contributed by atoms with Crippen molar-refractivity contribution in [2.45, 2.75) is 44.0 Å². The third-order valence-corrected chi connectivity index (χ3v) is 7.59. The van der Waals surface area contributed by atoms with Crippen LogP contribution in [-0.4, -0.2) is 74.2 Å². The Morgan fingerprint density at radius 3 is 2.42 bits per heavy atom. The number of hydrogen-bond acceptors (Lipinski definition) is 4. The molecule has 0 bridgehead atoms. The fourth-order valence-corrected chi connectivity index (χ4v) is 5.46. The van der Waals surface area contributed by atoms with Crippen molar-refractivity contribution in [1.82, 2.24) is 14.1 Å². The van der Waals surface area contributed by atoms with Gasteiger partial charge in [-0.3, -0.25) is 4.79 Å². The van der Waals surface area contributed by atoms with E-state index in [2.05, 4.69) is 4.90 Å². The molecule has 0 saturated carbocycles. The number of carbonyl (C=O) groups excluding carboxylic acids is 1. The first-order valence-corrected chi connectivity index (χ1v) is 10.8. The quantitative estimate of drug-likeness (QED) is 0.805. The highest BCUT2D eigenvalue weighted by Gasteiger charge is 2.32. The number of hydrogen-bond donors (Lipinski definition) is 0.